The molecule has 0 heterocycles. The average Bonchev–Trinajstić information content (AvgIpc) is 2.31. The first-order valence-corrected chi connectivity index (χ1v) is 6.20. The Kier molecular flexibility index (Phi) is 4.42. The lowest BCUT2D eigenvalue weighted by molar-refractivity contribution is -0.143. The Morgan fingerprint density at radius 3 is 2.47 bits per heavy atom. The molecule has 0 fully saturated rings. The number of carboxylic acid groups (broad SMARTS) is 1. The van der Waals surface area contributed by atoms with Crippen LogP contribution in [0.3, 0.4) is 0 Å². The molecule has 0 radical (unpaired) electrons. The highest BCUT2D eigenvalue weighted by molar-refractivity contribution is 5.77. The second-order valence-corrected chi connectivity index (χ2v) is 5.41. The molecule has 0 amide bonds. The number of hydrogen-bond acceptors (Lipinski definition) is 4. The van der Waals surface area contributed by atoms with Crippen LogP contribution < -0.4 is 5.73 Å². The number of hydrogen-bond donors (Lipinski definition) is 4. The molecule has 1 rings (SSSR count). The number of carbonyl (C=O) groups is 1. The van der Waals surface area contributed by atoms with Crippen LogP contribution in [-0.4, -0.2) is 26.8 Å². The summed E-state index contributed by atoms with van der Waals surface area (Å²) in [6.45, 7) is 5.22. The Morgan fingerprint density at radius 2 is 1.95 bits per heavy atom. The van der Waals surface area contributed by atoms with Gasteiger partial charge < -0.3 is 21.1 Å². The van der Waals surface area contributed by atoms with Crippen LogP contribution in [0.2, 0.25) is 0 Å². The maximum atomic E-state index is 11.0. The molecule has 0 aliphatic rings. The minimum atomic E-state index is -1.31. The summed E-state index contributed by atoms with van der Waals surface area (Å²) in [4.78, 5) is 11.0. The molecule has 1 aromatic rings. The Hall–Kier alpha value is -1.75. The second-order valence-electron chi connectivity index (χ2n) is 5.41. The highest BCUT2D eigenvalue weighted by Crippen LogP contribution is 2.38. The van der Waals surface area contributed by atoms with Crippen LogP contribution in [0, 0.1) is 5.92 Å². The van der Waals surface area contributed by atoms with Crippen LogP contribution in [0.15, 0.2) is 18.2 Å². The summed E-state index contributed by atoms with van der Waals surface area (Å²) in [6, 6.07) is 4.76. The normalized spacial score (nSPS) is 17.5. The van der Waals surface area contributed by atoms with E-state index in [2.05, 4.69) is 0 Å². The van der Waals surface area contributed by atoms with E-state index in [9.17, 15) is 15.0 Å². The van der Waals surface area contributed by atoms with Crippen molar-refractivity contribution in [3.63, 3.8) is 0 Å². The number of aromatic hydroxyl groups is 2. The third-order valence-corrected chi connectivity index (χ3v) is 3.62. The van der Waals surface area contributed by atoms with Crippen molar-refractivity contribution in [3.8, 4) is 11.5 Å². The van der Waals surface area contributed by atoms with E-state index in [4.69, 9.17) is 10.8 Å². The predicted molar refractivity (Wildman–Crippen MR) is 72.2 cm³/mol. The topological polar surface area (TPSA) is 104 Å². The largest absolute Gasteiger partial charge is 0.504 e. The first-order valence-electron chi connectivity index (χ1n) is 6.20. The fourth-order valence-electron chi connectivity index (χ4n) is 2.16. The van der Waals surface area contributed by atoms with Gasteiger partial charge in [0.2, 0.25) is 0 Å². The Labute approximate surface area is 112 Å². The van der Waals surface area contributed by atoms with Crippen molar-refractivity contribution in [2.24, 2.45) is 11.7 Å². The molecule has 5 nitrogen and oxygen atoms in total. The molecule has 5 heteroatoms. The molecule has 0 saturated carbocycles. The molecular formula is C14H21NO4. The molecule has 1 aromatic carbocycles. The van der Waals surface area contributed by atoms with Crippen molar-refractivity contribution in [1.82, 2.24) is 0 Å². The van der Waals surface area contributed by atoms with Crippen LogP contribution in [0.25, 0.3) is 0 Å². The van der Waals surface area contributed by atoms with Gasteiger partial charge in [0.25, 0.3) is 0 Å². The Morgan fingerprint density at radius 1 is 1.37 bits per heavy atom. The lowest BCUT2D eigenvalue weighted by Crippen LogP contribution is -2.46. The van der Waals surface area contributed by atoms with Gasteiger partial charge in [0.1, 0.15) is 5.54 Å². The minimum absolute atomic E-state index is 0.0567. The quantitative estimate of drug-likeness (QED) is 0.611. The van der Waals surface area contributed by atoms with Crippen LogP contribution >= 0.6 is 0 Å². The average molecular weight is 267 g/mol. The van der Waals surface area contributed by atoms with E-state index in [0.717, 1.165) is 0 Å². The van der Waals surface area contributed by atoms with Gasteiger partial charge in [0.15, 0.2) is 11.5 Å². The zero-order valence-electron chi connectivity index (χ0n) is 11.4. The number of phenolic OH excluding ortho intramolecular Hbond substituents is 2. The summed E-state index contributed by atoms with van der Waals surface area (Å²) in [5.41, 5.74) is 5.02. The van der Waals surface area contributed by atoms with Crippen LogP contribution in [-0.2, 0) is 4.79 Å². The fraction of sp³-hybridized carbons (Fsp3) is 0.500. The van der Waals surface area contributed by atoms with Gasteiger partial charge in [-0.1, -0.05) is 26.0 Å². The van der Waals surface area contributed by atoms with Gasteiger partial charge in [-0.05, 0) is 31.2 Å². The molecule has 0 spiro atoms. The number of nitrogens with two attached hydrogens (primary N) is 1. The van der Waals surface area contributed by atoms with Crippen LogP contribution in [0.5, 0.6) is 11.5 Å². The van der Waals surface area contributed by atoms with Crippen molar-refractivity contribution in [2.75, 3.05) is 0 Å². The summed E-state index contributed by atoms with van der Waals surface area (Å²) >= 11 is 0. The molecule has 19 heavy (non-hydrogen) atoms. The molecule has 0 saturated heterocycles. The number of carboxylic acids is 1. The molecule has 3 unspecified atom stereocenters. The van der Waals surface area contributed by atoms with E-state index in [1.807, 2.05) is 13.8 Å². The van der Waals surface area contributed by atoms with E-state index in [-0.39, 0.29) is 29.8 Å². The number of para-hydroxylation sites is 1. The van der Waals surface area contributed by atoms with E-state index in [0.29, 0.717) is 5.56 Å². The van der Waals surface area contributed by atoms with E-state index in [1.54, 1.807) is 12.1 Å². The van der Waals surface area contributed by atoms with Crippen molar-refractivity contribution < 1.29 is 20.1 Å². The minimum Gasteiger partial charge on any atom is -0.504 e. The first-order chi connectivity index (χ1) is 8.66. The Balaban J connectivity index is 2.91. The smallest absolute Gasteiger partial charge is 0.323 e. The summed E-state index contributed by atoms with van der Waals surface area (Å²) in [7, 11) is 0. The zero-order chi connectivity index (χ0) is 14.8. The fourth-order valence-corrected chi connectivity index (χ4v) is 2.16. The van der Waals surface area contributed by atoms with Gasteiger partial charge in [0, 0.05) is 5.56 Å². The molecule has 0 aromatic heterocycles. The van der Waals surface area contributed by atoms with Crippen LogP contribution in [0.1, 0.15) is 38.7 Å². The SMILES string of the molecule is CC(CC(C)(N)C(=O)O)C(C)c1cccc(O)c1O. The van der Waals surface area contributed by atoms with Crippen molar-refractivity contribution in [3.05, 3.63) is 23.8 Å². The molecule has 3 atom stereocenters. The monoisotopic (exact) mass is 267 g/mol. The number of aliphatic carboxylic acids is 1. The number of rotatable bonds is 5. The zero-order valence-corrected chi connectivity index (χ0v) is 11.4. The third-order valence-electron chi connectivity index (χ3n) is 3.62. The summed E-state index contributed by atoms with van der Waals surface area (Å²) in [6.07, 6.45) is 0.276. The second kappa shape index (κ2) is 5.48. The summed E-state index contributed by atoms with van der Waals surface area (Å²) < 4.78 is 0. The van der Waals surface area contributed by atoms with Gasteiger partial charge in [-0.3, -0.25) is 4.79 Å². The van der Waals surface area contributed by atoms with Crippen molar-refractivity contribution in [1.29, 1.82) is 0 Å². The lowest BCUT2D eigenvalue weighted by atomic mass is 9.80. The maximum absolute atomic E-state index is 11.0. The highest BCUT2D eigenvalue weighted by Gasteiger charge is 2.32. The molecule has 0 aliphatic carbocycles. The number of benzene rings is 1. The molecular weight excluding hydrogens is 246 g/mol. The third kappa shape index (κ3) is 3.38. The van der Waals surface area contributed by atoms with E-state index >= 15 is 0 Å². The molecule has 106 valence electrons. The van der Waals surface area contributed by atoms with Gasteiger partial charge in [-0.15, -0.1) is 0 Å². The molecule has 5 N–H and O–H groups in total. The molecule has 0 bridgehead atoms. The van der Waals surface area contributed by atoms with Gasteiger partial charge in [0.05, 0.1) is 0 Å². The van der Waals surface area contributed by atoms with E-state index < -0.39 is 11.5 Å². The van der Waals surface area contributed by atoms with E-state index in [1.165, 1.54) is 13.0 Å². The Bertz CT molecular complexity index is 471. The van der Waals surface area contributed by atoms with Gasteiger partial charge in [-0.25, -0.2) is 0 Å². The predicted octanol–water partition coefficient (Wildman–Crippen LogP) is 2.03. The first kappa shape index (κ1) is 15.3. The molecule has 0 aliphatic heterocycles. The van der Waals surface area contributed by atoms with Crippen molar-refractivity contribution >= 4 is 5.97 Å². The maximum Gasteiger partial charge on any atom is 0.323 e. The highest BCUT2D eigenvalue weighted by atomic mass is 16.4. The standard InChI is InChI=1S/C14H21NO4/c1-8(7-14(3,15)13(18)19)9(2)10-5-4-6-11(16)12(10)17/h4-6,8-9,16-17H,7,15H2,1-3H3,(H,18,19). The van der Waals surface area contributed by atoms with Gasteiger partial charge >= 0.3 is 5.97 Å². The lowest BCUT2D eigenvalue weighted by Gasteiger charge is -2.28. The van der Waals surface area contributed by atoms with Crippen LogP contribution in [0.4, 0.5) is 0 Å². The number of phenols is 2. The van der Waals surface area contributed by atoms with Crippen molar-refractivity contribution in [2.45, 2.75) is 38.6 Å². The summed E-state index contributed by atoms with van der Waals surface area (Å²) in [5, 5.41) is 28.3. The summed E-state index contributed by atoms with van der Waals surface area (Å²) in [5.74, 6) is -1.55. The van der Waals surface area contributed by atoms with Gasteiger partial charge in [-0.2, -0.15) is 0 Å².